The van der Waals surface area contributed by atoms with Crippen LogP contribution in [0, 0.1) is 10.1 Å². The number of thiocarbonyl (C=S) groups is 1. The first-order valence-corrected chi connectivity index (χ1v) is 9.87. The molecule has 4 N–H and O–H groups in total. The number of benzene rings is 3. The van der Waals surface area contributed by atoms with Gasteiger partial charge in [-0.05, 0) is 60.7 Å². The van der Waals surface area contributed by atoms with Crippen LogP contribution in [0.25, 0.3) is 0 Å². The number of nitro groups is 1. The summed E-state index contributed by atoms with van der Waals surface area (Å²) in [5.74, 6) is -1.40. The molecule has 0 aromatic heterocycles. The van der Waals surface area contributed by atoms with Gasteiger partial charge in [-0.2, -0.15) is 0 Å². The molecule has 0 saturated carbocycles. The van der Waals surface area contributed by atoms with Crippen molar-refractivity contribution in [1.82, 2.24) is 16.2 Å². The minimum atomic E-state index is -0.602. The van der Waals surface area contributed by atoms with Gasteiger partial charge < -0.3 is 5.32 Å². The highest BCUT2D eigenvalue weighted by molar-refractivity contribution is 7.80. The van der Waals surface area contributed by atoms with Gasteiger partial charge in [0, 0.05) is 34.5 Å². The molecule has 10 nitrogen and oxygen atoms in total. The second-order valence-electron chi connectivity index (χ2n) is 6.56. The zero-order valence-electron chi connectivity index (χ0n) is 16.9. The predicted octanol–water partition coefficient (Wildman–Crippen LogP) is 2.80. The van der Waals surface area contributed by atoms with Crippen LogP contribution in [-0.2, 0) is 0 Å². The highest BCUT2D eigenvalue weighted by Crippen LogP contribution is 2.12. The second-order valence-corrected chi connectivity index (χ2v) is 6.97. The number of hydrogen-bond donors (Lipinski definition) is 4. The fraction of sp³-hybridized carbons (Fsp3) is 0. The maximum absolute atomic E-state index is 12.3. The van der Waals surface area contributed by atoms with Crippen molar-refractivity contribution in [2.75, 3.05) is 5.32 Å². The van der Waals surface area contributed by atoms with Crippen LogP contribution in [0.1, 0.15) is 31.1 Å². The van der Waals surface area contributed by atoms with Gasteiger partial charge in [0.15, 0.2) is 5.11 Å². The summed E-state index contributed by atoms with van der Waals surface area (Å²) in [5.41, 5.74) is 6.06. The minimum absolute atomic E-state index is 0.148. The lowest BCUT2D eigenvalue weighted by Crippen LogP contribution is -2.48. The third kappa shape index (κ3) is 6.42. The molecule has 11 heteroatoms. The number of hydrazine groups is 1. The average molecular weight is 463 g/mol. The number of carbonyl (C=O) groups excluding carboxylic acids is 3. The third-order valence-electron chi connectivity index (χ3n) is 4.30. The van der Waals surface area contributed by atoms with Crippen LogP contribution < -0.4 is 21.5 Å². The Hall–Kier alpha value is -4.64. The van der Waals surface area contributed by atoms with E-state index in [-0.39, 0.29) is 27.8 Å². The first-order valence-electron chi connectivity index (χ1n) is 9.46. The average Bonchev–Trinajstić information content (AvgIpc) is 2.83. The van der Waals surface area contributed by atoms with E-state index < -0.39 is 16.7 Å². The number of carbonyl (C=O) groups is 3. The summed E-state index contributed by atoms with van der Waals surface area (Å²) in [7, 11) is 0. The van der Waals surface area contributed by atoms with Crippen molar-refractivity contribution in [3.63, 3.8) is 0 Å². The molecule has 0 atom stereocenters. The molecule has 3 amide bonds. The summed E-state index contributed by atoms with van der Waals surface area (Å²) in [5, 5.41) is 15.6. The van der Waals surface area contributed by atoms with E-state index in [9.17, 15) is 24.5 Å². The largest absolute Gasteiger partial charge is 0.322 e. The molecule has 3 aromatic carbocycles. The van der Waals surface area contributed by atoms with E-state index in [1.165, 1.54) is 36.4 Å². The molecular weight excluding hydrogens is 446 g/mol. The fourth-order valence-corrected chi connectivity index (χ4v) is 2.77. The molecule has 0 aliphatic rings. The Labute approximate surface area is 193 Å². The van der Waals surface area contributed by atoms with Crippen molar-refractivity contribution in [3.8, 4) is 0 Å². The zero-order valence-corrected chi connectivity index (χ0v) is 17.7. The van der Waals surface area contributed by atoms with Crippen molar-refractivity contribution in [1.29, 1.82) is 0 Å². The summed E-state index contributed by atoms with van der Waals surface area (Å²) < 4.78 is 0. The molecule has 166 valence electrons. The summed E-state index contributed by atoms with van der Waals surface area (Å²) in [6, 6.07) is 19.8. The number of anilines is 1. The SMILES string of the molecule is O=C(NNC(=S)NC(=O)c1ccc([N+](=O)[O-])cc1)c1ccc(NC(=O)c2ccccc2)cc1. The van der Waals surface area contributed by atoms with Gasteiger partial charge in [0.1, 0.15) is 0 Å². The molecular formula is C22H17N5O5S. The van der Waals surface area contributed by atoms with Crippen LogP contribution in [-0.4, -0.2) is 27.8 Å². The molecule has 0 saturated heterocycles. The number of hydrogen-bond acceptors (Lipinski definition) is 6. The minimum Gasteiger partial charge on any atom is -0.322 e. The molecule has 0 bridgehead atoms. The molecule has 0 aliphatic heterocycles. The van der Waals surface area contributed by atoms with Crippen LogP contribution in [0.4, 0.5) is 11.4 Å². The lowest BCUT2D eigenvalue weighted by Gasteiger charge is -2.11. The topological polar surface area (TPSA) is 142 Å². The van der Waals surface area contributed by atoms with E-state index in [4.69, 9.17) is 12.2 Å². The molecule has 0 aliphatic carbocycles. The molecule has 0 fully saturated rings. The Bertz CT molecular complexity index is 1200. The number of nitrogens with one attached hydrogen (secondary N) is 4. The van der Waals surface area contributed by atoms with E-state index in [1.54, 1.807) is 36.4 Å². The molecule has 0 spiro atoms. The highest BCUT2D eigenvalue weighted by Gasteiger charge is 2.12. The third-order valence-corrected chi connectivity index (χ3v) is 4.50. The van der Waals surface area contributed by atoms with Gasteiger partial charge in [-0.1, -0.05) is 18.2 Å². The van der Waals surface area contributed by atoms with E-state index in [2.05, 4.69) is 21.5 Å². The first kappa shape index (κ1) is 23.0. The lowest BCUT2D eigenvalue weighted by atomic mass is 10.1. The fourth-order valence-electron chi connectivity index (χ4n) is 2.62. The van der Waals surface area contributed by atoms with E-state index >= 15 is 0 Å². The number of non-ortho nitro benzene ring substituents is 1. The monoisotopic (exact) mass is 463 g/mol. The van der Waals surface area contributed by atoms with Gasteiger partial charge in [0.25, 0.3) is 23.4 Å². The van der Waals surface area contributed by atoms with Crippen LogP contribution in [0.5, 0.6) is 0 Å². The lowest BCUT2D eigenvalue weighted by molar-refractivity contribution is -0.384. The van der Waals surface area contributed by atoms with Crippen LogP contribution in [0.15, 0.2) is 78.9 Å². The predicted molar refractivity (Wildman–Crippen MR) is 125 cm³/mol. The quantitative estimate of drug-likeness (QED) is 0.259. The van der Waals surface area contributed by atoms with Gasteiger partial charge in [0.05, 0.1) is 4.92 Å². The van der Waals surface area contributed by atoms with Gasteiger partial charge in [-0.3, -0.25) is 40.7 Å². The normalized spacial score (nSPS) is 9.94. The number of rotatable bonds is 5. The number of amides is 3. The van der Waals surface area contributed by atoms with Crippen LogP contribution >= 0.6 is 12.2 Å². The Morgan fingerprint density at radius 1 is 0.697 bits per heavy atom. The Morgan fingerprint density at radius 2 is 1.24 bits per heavy atom. The van der Waals surface area contributed by atoms with Crippen molar-refractivity contribution in [3.05, 3.63) is 106 Å². The van der Waals surface area contributed by atoms with Gasteiger partial charge in [-0.25, -0.2) is 0 Å². The summed E-state index contributed by atoms with van der Waals surface area (Å²) >= 11 is 4.97. The zero-order chi connectivity index (χ0) is 23.8. The van der Waals surface area contributed by atoms with Crippen LogP contribution in [0.3, 0.4) is 0 Å². The van der Waals surface area contributed by atoms with Gasteiger partial charge >= 0.3 is 0 Å². The second kappa shape index (κ2) is 10.6. The number of nitrogens with zero attached hydrogens (tertiary/aromatic N) is 1. The van der Waals surface area contributed by atoms with E-state index in [0.29, 0.717) is 11.3 Å². The van der Waals surface area contributed by atoms with Crippen LogP contribution in [0.2, 0.25) is 0 Å². The first-order chi connectivity index (χ1) is 15.8. The van der Waals surface area contributed by atoms with Crippen molar-refractivity contribution >= 4 is 46.4 Å². The molecule has 33 heavy (non-hydrogen) atoms. The molecule has 3 rings (SSSR count). The van der Waals surface area contributed by atoms with E-state index in [1.807, 2.05) is 6.07 Å². The Balaban J connectivity index is 1.48. The summed E-state index contributed by atoms with van der Waals surface area (Å²) in [6.45, 7) is 0. The highest BCUT2D eigenvalue weighted by atomic mass is 32.1. The molecule has 0 heterocycles. The molecule has 0 radical (unpaired) electrons. The van der Waals surface area contributed by atoms with Gasteiger partial charge in [-0.15, -0.1) is 0 Å². The van der Waals surface area contributed by atoms with Crippen molar-refractivity contribution < 1.29 is 19.3 Å². The standard InChI is InChI=1S/C22H17N5O5S/c28-19(14-4-2-1-3-5-14)23-17-10-6-16(7-11-17)21(30)25-26-22(33)24-20(29)15-8-12-18(13-9-15)27(31)32/h1-13H,(H,23,28)(H,25,30)(H2,24,26,29,33). The maximum Gasteiger partial charge on any atom is 0.269 e. The summed E-state index contributed by atoms with van der Waals surface area (Å²) in [4.78, 5) is 46.6. The smallest absolute Gasteiger partial charge is 0.269 e. The van der Waals surface area contributed by atoms with E-state index in [0.717, 1.165) is 0 Å². The molecule has 0 unspecified atom stereocenters. The Kier molecular flexibility index (Phi) is 7.39. The summed E-state index contributed by atoms with van der Waals surface area (Å²) in [6.07, 6.45) is 0. The number of nitro benzene ring substituents is 1. The Morgan fingerprint density at radius 3 is 1.85 bits per heavy atom. The van der Waals surface area contributed by atoms with Crippen molar-refractivity contribution in [2.24, 2.45) is 0 Å². The molecule has 3 aromatic rings. The van der Waals surface area contributed by atoms with Crippen molar-refractivity contribution in [2.45, 2.75) is 0 Å². The maximum atomic E-state index is 12.3. The van der Waals surface area contributed by atoms with Gasteiger partial charge in [0.2, 0.25) is 0 Å².